The minimum atomic E-state index is -1.45. The fraction of sp³-hybridized carbons (Fsp3) is 0.333. The molecule has 1 amide bonds. The van der Waals surface area contributed by atoms with Gasteiger partial charge in [-0.3, -0.25) is 24.3 Å². The smallest absolute Gasteiger partial charge is 0.260 e. The van der Waals surface area contributed by atoms with Crippen LogP contribution in [0.2, 0.25) is 0 Å². The predicted molar refractivity (Wildman–Crippen MR) is 108 cm³/mol. The molecular formula is C21H22FN5O3. The van der Waals surface area contributed by atoms with E-state index < -0.39 is 12.5 Å². The summed E-state index contributed by atoms with van der Waals surface area (Å²) in [6.07, 6.45) is 4.41. The predicted octanol–water partition coefficient (Wildman–Crippen LogP) is 2.88. The number of halogens is 1. The van der Waals surface area contributed by atoms with Gasteiger partial charge in [0.15, 0.2) is 0 Å². The van der Waals surface area contributed by atoms with Crippen LogP contribution in [0.25, 0.3) is 11.3 Å². The first-order chi connectivity index (χ1) is 14.3. The van der Waals surface area contributed by atoms with Crippen molar-refractivity contribution >= 4 is 11.6 Å². The van der Waals surface area contributed by atoms with Crippen molar-refractivity contribution in [3.63, 3.8) is 0 Å². The van der Waals surface area contributed by atoms with Crippen molar-refractivity contribution in [3.8, 4) is 17.0 Å². The Morgan fingerprint density at radius 2 is 2.07 bits per heavy atom. The summed E-state index contributed by atoms with van der Waals surface area (Å²) in [5.74, 6) is 0.172. The van der Waals surface area contributed by atoms with Crippen molar-refractivity contribution < 1.29 is 19.0 Å². The summed E-state index contributed by atoms with van der Waals surface area (Å²) < 4.78 is 19.8. The molecule has 156 valence electrons. The molecule has 9 heteroatoms. The summed E-state index contributed by atoms with van der Waals surface area (Å²) in [5, 5.41) is 13.7. The number of hydrogen-bond donors (Lipinski definition) is 1. The third-order valence-corrected chi connectivity index (χ3v) is 4.75. The van der Waals surface area contributed by atoms with Crippen LogP contribution in [0.1, 0.15) is 35.5 Å². The van der Waals surface area contributed by atoms with Gasteiger partial charge in [-0.15, -0.1) is 0 Å². The SMILES string of the molecule is Cc1cc(-c2cncc(OC(C)F)c2)nc2c1C(=O)N(c1cnn(C[C@@H](C)O)c1)C2. The molecule has 1 aliphatic heterocycles. The third kappa shape index (κ3) is 3.88. The zero-order valence-electron chi connectivity index (χ0n) is 16.9. The Hall–Kier alpha value is -3.33. The number of aliphatic hydroxyl groups is 1. The normalized spacial score (nSPS) is 15.2. The number of anilines is 1. The van der Waals surface area contributed by atoms with Crippen molar-refractivity contribution in [3.05, 3.63) is 53.7 Å². The van der Waals surface area contributed by atoms with E-state index in [0.29, 0.717) is 47.0 Å². The monoisotopic (exact) mass is 411 g/mol. The van der Waals surface area contributed by atoms with Gasteiger partial charge < -0.3 is 9.84 Å². The number of rotatable bonds is 6. The van der Waals surface area contributed by atoms with E-state index in [4.69, 9.17) is 4.74 Å². The number of fused-ring (bicyclic) bond motifs is 1. The van der Waals surface area contributed by atoms with E-state index in [1.807, 2.05) is 13.0 Å². The van der Waals surface area contributed by atoms with Gasteiger partial charge in [-0.2, -0.15) is 5.10 Å². The Bertz CT molecular complexity index is 1100. The van der Waals surface area contributed by atoms with Crippen LogP contribution in [0.5, 0.6) is 5.75 Å². The number of ether oxygens (including phenoxy) is 1. The highest BCUT2D eigenvalue weighted by Gasteiger charge is 2.32. The standard InChI is InChI=1S/C21H22FN5O3/c1-12-4-18(15-5-17(8-23-6-15)30-14(3)22)25-19-11-27(21(29)20(12)19)16-7-24-26(10-16)9-13(2)28/h4-8,10,13-14,28H,9,11H2,1-3H3/t13-,14?/m1/s1. The lowest BCUT2D eigenvalue weighted by Crippen LogP contribution is -2.23. The molecule has 0 bridgehead atoms. The maximum atomic E-state index is 13.2. The number of alkyl halides is 1. The van der Waals surface area contributed by atoms with E-state index in [9.17, 15) is 14.3 Å². The number of hydrogen-bond acceptors (Lipinski definition) is 6. The molecule has 0 spiro atoms. The summed E-state index contributed by atoms with van der Waals surface area (Å²) in [7, 11) is 0. The molecule has 1 N–H and O–H groups in total. The Labute approximate surface area is 173 Å². The van der Waals surface area contributed by atoms with Crippen molar-refractivity contribution in [2.24, 2.45) is 0 Å². The van der Waals surface area contributed by atoms with E-state index in [2.05, 4.69) is 15.1 Å². The Morgan fingerprint density at radius 1 is 1.27 bits per heavy atom. The van der Waals surface area contributed by atoms with E-state index in [1.165, 1.54) is 13.1 Å². The molecule has 0 fully saturated rings. The minimum Gasteiger partial charge on any atom is -0.459 e. The quantitative estimate of drug-likeness (QED) is 0.670. The van der Waals surface area contributed by atoms with Crippen molar-refractivity contribution in [1.82, 2.24) is 19.7 Å². The molecule has 1 unspecified atom stereocenters. The van der Waals surface area contributed by atoms with Crippen LogP contribution in [0, 0.1) is 6.92 Å². The number of nitrogens with zero attached hydrogens (tertiary/aromatic N) is 5. The Balaban J connectivity index is 1.64. The first kappa shape index (κ1) is 20.0. The van der Waals surface area contributed by atoms with Gasteiger partial charge in [-0.25, -0.2) is 4.39 Å². The van der Waals surface area contributed by atoms with Gasteiger partial charge in [0.25, 0.3) is 5.91 Å². The molecule has 30 heavy (non-hydrogen) atoms. The second-order valence-corrected chi connectivity index (χ2v) is 7.38. The summed E-state index contributed by atoms with van der Waals surface area (Å²) >= 11 is 0. The number of pyridine rings is 2. The summed E-state index contributed by atoms with van der Waals surface area (Å²) in [6.45, 7) is 5.50. The number of aliphatic hydroxyl groups excluding tert-OH is 1. The van der Waals surface area contributed by atoms with Gasteiger partial charge in [0.05, 0.1) is 54.2 Å². The molecule has 2 atom stereocenters. The number of aryl methyl sites for hydroxylation is 1. The lowest BCUT2D eigenvalue weighted by Gasteiger charge is -2.12. The minimum absolute atomic E-state index is 0.139. The van der Waals surface area contributed by atoms with Crippen LogP contribution in [-0.2, 0) is 13.1 Å². The van der Waals surface area contributed by atoms with Crippen LogP contribution < -0.4 is 9.64 Å². The van der Waals surface area contributed by atoms with E-state index in [1.54, 1.807) is 41.2 Å². The van der Waals surface area contributed by atoms with Crippen molar-refractivity contribution in [1.29, 1.82) is 0 Å². The maximum absolute atomic E-state index is 13.2. The van der Waals surface area contributed by atoms with Gasteiger partial charge in [0.2, 0.25) is 6.36 Å². The fourth-order valence-corrected chi connectivity index (χ4v) is 3.53. The van der Waals surface area contributed by atoms with Gasteiger partial charge in [-0.05, 0) is 31.5 Å². The highest BCUT2D eigenvalue weighted by molar-refractivity contribution is 6.10. The van der Waals surface area contributed by atoms with Crippen LogP contribution in [0.15, 0.2) is 36.9 Å². The highest BCUT2D eigenvalue weighted by atomic mass is 19.1. The Kier molecular flexibility index (Phi) is 5.21. The molecule has 3 aromatic rings. The van der Waals surface area contributed by atoms with Gasteiger partial charge in [-0.1, -0.05) is 0 Å². The van der Waals surface area contributed by atoms with Crippen LogP contribution >= 0.6 is 0 Å². The number of carbonyl (C=O) groups excluding carboxylic acids is 1. The van der Waals surface area contributed by atoms with Crippen LogP contribution in [0.4, 0.5) is 10.1 Å². The molecule has 4 rings (SSSR count). The van der Waals surface area contributed by atoms with Gasteiger partial charge in [0, 0.05) is 24.9 Å². The first-order valence-corrected chi connectivity index (χ1v) is 9.61. The summed E-state index contributed by atoms with van der Waals surface area (Å²) in [4.78, 5) is 23.4. The fourth-order valence-electron chi connectivity index (χ4n) is 3.53. The highest BCUT2D eigenvalue weighted by Crippen LogP contribution is 2.32. The zero-order chi connectivity index (χ0) is 21.4. The molecule has 0 aliphatic carbocycles. The molecule has 3 aromatic heterocycles. The lowest BCUT2D eigenvalue weighted by atomic mass is 10.1. The largest absolute Gasteiger partial charge is 0.459 e. The average Bonchev–Trinajstić information content (AvgIpc) is 3.25. The molecular weight excluding hydrogens is 389 g/mol. The Morgan fingerprint density at radius 3 is 2.80 bits per heavy atom. The summed E-state index contributed by atoms with van der Waals surface area (Å²) in [6, 6.07) is 3.49. The van der Waals surface area contributed by atoms with Crippen LogP contribution in [-0.4, -0.2) is 43.2 Å². The van der Waals surface area contributed by atoms with E-state index in [0.717, 1.165) is 5.56 Å². The second kappa shape index (κ2) is 7.83. The molecule has 0 aromatic carbocycles. The second-order valence-electron chi connectivity index (χ2n) is 7.38. The molecule has 0 radical (unpaired) electrons. The third-order valence-electron chi connectivity index (χ3n) is 4.75. The molecule has 0 saturated heterocycles. The maximum Gasteiger partial charge on any atom is 0.260 e. The van der Waals surface area contributed by atoms with Crippen LogP contribution in [0.3, 0.4) is 0 Å². The van der Waals surface area contributed by atoms with Gasteiger partial charge in [0.1, 0.15) is 5.75 Å². The topological polar surface area (TPSA) is 93.4 Å². The van der Waals surface area contributed by atoms with Crippen molar-refractivity contribution in [2.45, 2.75) is 46.3 Å². The number of amides is 1. The molecule has 0 saturated carbocycles. The number of carbonyl (C=O) groups is 1. The lowest BCUT2D eigenvalue weighted by molar-refractivity contribution is 0.0856. The molecule has 1 aliphatic rings. The average molecular weight is 411 g/mol. The number of aromatic nitrogens is 4. The van der Waals surface area contributed by atoms with Crippen molar-refractivity contribution in [2.75, 3.05) is 4.90 Å². The van der Waals surface area contributed by atoms with Gasteiger partial charge >= 0.3 is 0 Å². The molecule has 4 heterocycles. The zero-order valence-corrected chi connectivity index (χ0v) is 16.9. The first-order valence-electron chi connectivity index (χ1n) is 9.61. The summed E-state index contributed by atoms with van der Waals surface area (Å²) in [5.41, 5.74) is 3.98. The van der Waals surface area contributed by atoms with E-state index >= 15 is 0 Å². The van der Waals surface area contributed by atoms with E-state index in [-0.39, 0.29) is 5.91 Å². The molecule has 8 nitrogen and oxygen atoms in total.